The van der Waals surface area contributed by atoms with Crippen LogP contribution in [0, 0.1) is 5.41 Å². The van der Waals surface area contributed by atoms with Gasteiger partial charge in [-0.2, -0.15) is 0 Å². The van der Waals surface area contributed by atoms with Crippen LogP contribution in [0.3, 0.4) is 0 Å². The van der Waals surface area contributed by atoms with Crippen molar-refractivity contribution in [2.24, 2.45) is 5.41 Å². The Kier molecular flexibility index (Phi) is 3.68. The molecule has 2 heterocycles. The Balaban J connectivity index is 1.74. The van der Waals surface area contributed by atoms with Crippen LogP contribution >= 0.6 is 0 Å². The smallest absolute Gasteiger partial charge is 0.254 e. The second kappa shape index (κ2) is 5.80. The summed E-state index contributed by atoms with van der Waals surface area (Å²) < 4.78 is 0. The van der Waals surface area contributed by atoms with Crippen LogP contribution in [-0.4, -0.2) is 53.6 Å². The molecule has 0 N–H and O–H groups in total. The molecule has 0 spiro atoms. The van der Waals surface area contributed by atoms with Crippen molar-refractivity contribution in [2.45, 2.75) is 13.0 Å². The molecule has 5 heteroatoms. The molecule has 0 unspecified atom stereocenters. The fourth-order valence-electron chi connectivity index (χ4n) is 4.17. The zero-order valence-corrected chi connectivity index (χ0v) is 14.8. The van der Waals surface area contributed by atoms with Crippen molar-refractivity contribution in [3.63, 3.8) is 0 Å². The number of hydrogen-bond donors (Lipinski definition) is 0. The number of carbonyl (C=O) groups excluding carboxylic acids is 3. The third-order valence-corrected chi connectivity index (χ3v) is 5.66. The van der Waals surface area contributed by atoms with Crippen molar-refractivity contribution in [3.8, 4) is 0 Å². The first kappa shape index (κ1) is 16.5. The highest BCUT2D eigenvalue weighted by molar-refractivity contribution is 6.13. The first-order valence-electron chi connectivity index (χ1n) is 8.69. The Labute approximate surface area is 152 Å². The van der Waals surface area contributed by atoms with Crippen molar-refractivity contribution in [2.75, 3.05) is 20.1 Å². The number of rotatable bonds is 1. The van der Waals surface area contributed by atoms with E-state index in [1.54, 1.807) is 53.2 Å². The van der Waals surface area contributed by atoms with E-state index in [1.165, 1.54) is 0 Å². The lowest BCUT2D eigenvalue weighted by Crippen LogP contribution is -2.48. The molecule has 2 amide bonds. The molecule has 26 heavy (non-hydrogen) atoms. The van der Waals surface area contributed by atoms with Gasteiger partial charge in [0, 0.05) is 31.3 Å². The van der Waals surface area contributed by atoms with Gasteiger partial charge >= 0.3 is 0 Å². The van der Waals surface area contributed by atoms with Crippen molar-refractivity contribution in [3.05, 3.63) is 71.3 Å². The quantitative estimate of drug-likeness (QED) is 0.796. The van der Waals surface area contributed by atoms with Gasteiger partial charge in [0.2, 0.25) is 0 Å². The highest BCUT2D eigenvalue weighted by Crippen LogP contribution is 2.40. The number of hydrogen-bond acceptors (Lipinski definition) is 3. The number of carbonyl (C=O) groups is 3. The average Bonchev–Trinajstić information content (AvgIpc) is 3.02. The monoisotopic (exact) mass is 348 g/mol. The molecule has 2 aromatic rings. The first-order valence-corrected chi connectivity index (χ1v) is 8.69. The van der Waals surface area contributed by atoms with Crippen molar-refractivity contribution in [1.29, 1.82) is 0 Å². The zero-order chi connectivity index (χ0) is 18.5. The van der Waals surface area contributed by atoms with Crippen LogP contribution in [0.5, 0.6) is 0 Å². The van der Waals surface area contributed by atoms with Gasteiger partial charge in [-0.25, -0.2) is 0 Å². The molecule has 0 aromatic heterocycles. The standard InChI is InChI=1S/C21H20N2O3/c1-21-13-23(19(25)14-8-4-3-5-9-14)12-17(21)22(2)20(26)16-11-7-6-10-15(16)18(21)24/h3-11,17H,12-13H2,1-2H3/t17-,21+/m1/s1. The Bertz CT molecular complexity index is 908. The molecular formula is C21H20N2O3. The van der Waals surface area contributed by atoms with Crippen LogP contribution in [0.15, 0.2) is 54.6 Å². The van der Waals surface area contributed by atoms with E-state index in [0.29, 0.717) is 29.8 Å². The second-order valence-electron chi connectivity index (χ2n) is 7.28. The number of fused-ring (bicyclic) bond motifs is 2. The maximum atomic E-state index is 13.3. The normalized spacial score (nSPS) is 24.9. The van der Waals surface area contributed by atoms with E-state index >= 15 is 0 Å². The summed E-state index contributed by atoms with van der Waals surface area (Å²) in [6.45, 7) is 2.52. The van der Waals surface area contributed by atoms with Crippen molar-refractivity contribution < 1.29 is 14.4 Å². The van der Waals surface area contributed by atoms with Crippen molar-refractivity contribution >= 4 is 17.6 Å². The number of benzene rings is 2. The Morgan fingerprint density at radius 2 is 1.62 bits per heavy atom. The predicted octanol–water partition coefficient (Wildman–Crippen LogP) is 2.49. The number of nitrogens with zero attached hydrogens (tertiary/aromatic N) is 2. The summed E-state index contributed by atoms with van der Waals surface area (Å²) in [5, 5.41) is 0. The summed E-state index contributed by atoms with van der Waals surface area (Å²) in [6.07, 6.45) is 0. The van der Waals surface area contributed by atoms with E-state index in [2.05, 4.69) is 0 Å². The second-order valence-corrected chi connectivity index (χ2v) is 7.28. The van der Waals surface area contributed by atoms with E-state index < -0.39 is 5.41 Å². The van der Waals surface area contributed by atoms with Crippen molar-refractivity contribution in [1.82, 2.24) is 9.80 Å². The van der Waals surface area contributed by atoms with Gasteiger partial charge in [0.25, 0.3) is 11.8 Å². The average molecular weight is 348 g/mol. The van der Waals surface area contributed by atoms with Crippen LogP contribution in [0.1, 0.15) is 38.0 Å². The lowest BCUT2D eigenvalue weighted by atomic mass is 9.78. The largest absolute Gasteiger partial charge is 0.336 e. The third kappa shape index (κ3) is 2.27. The summed E-state index contributed by atoms with van der Waals surface area (Å²) >= 11 is 0. The summed E-state index contributed by atoms with van der Waals surface area (Å²) in [6, 6.07) is 15.6. The highest BCUT2D eigenvalue weighted by Gasteiger charge is 2.54. The van der Waals surface area contributed by atoms with Gasteiger partial charge in [0.15, 0.2) is 5.78 Å². The number of ketones is 1. The summed E-state index contributed by atoms with van der Waals surface area (Å²) in [5.74, 6) is -0.349. The molecule has 1 fully saturated rings. The molecule has 0 aliphatic carbocycles. The Morgan fingerprint density at radius 1 is 1.00 bits per heavy atom. The molecule has 5 nitrogen and oxygen atoms in total. The molecular weight excluding hydrogens is 328 g/mol. The van der Waals surface area contributed by atoms with Gasteiger partial charge in [-0.1, -0.05) is 36.4 Å². The number of amides is 2. The van der Waals surface area contributed by atoms with Crippen LogP contribution in [-0.2, 0) is 0 Å². The summed E-state index contributed by atoms with van der Waals surface area (Å²) in [5.41, 5.74) is 0.663. The number of likely N-dealkylation sites (tertiary alicyclic amines) is 1. The third-order valence-electron chi connectivity index (χ3n) is 5.66. The van der Waals surface area contributed by atoms with Gasteiger partial charge in [0.1, 0.15) is 0 Å². The minimum absolute atomic E-state index is 0.0702. The van der Waals surface area contributed by atoms with E-state index in [-0.39, 0.29) is 23.6 Å². The minimum Gasteiger partial charge on any atom is -0.336 e. The number of likely N-dealkylation sites (N-methyl/N-ethyl adjacent to an activating group) is 1. The highest BCUT2D eigenvalue weighted by atomic mass is 16.2. The zero-order valence-electron chi connectivity index (χ0n) is 14.8. The Hall–Kier alpha value is -2.95. The molecule has 1 saturated heterocycles. The molecule has 0 radical (unpaired) electrons. The summed E-state index contributed by atoms with van der Waals surface area (Å²) in [7, 11) is 1.72. The lowest BCUT2D eigenvalue weighted by molar-refractivity contribution is 0.0606. The van der Waals surface area contributed by atoms with Crippen LogP contribution < -0.4 is 0 Å². The SMILES string of the molecule is CN1C(=O)c2ccccc2C(=O)[C@@]2(C)CN(C(=O)c3ccccc3)C[C@@H]12. The molecule has 2 aliphatic heterocycles. The van der Waals surface area contributed by atoms with E-state index in [9.17, 15) is 14.4 Å². The van der Waals surface area contributed by atoms with E-state index in [0.717, 1.165) is 0 Å². The van der Waals surface area contributed by atoms with Gasteiger partial charge in [0.05, 0.1) is 17.0 Å². The van der Waals surface area contributed by atoms with Crippen LogP contribution in [0.4, 0.5) is 0 Å². The van der Waals surface area contributed by atoms with Crippen LogP contribution in [0.2, 0.25) is 0 Å². The Morgan fingerprint density at radius 3 is 2.31 bits per heavy atom. The predicted molar refractivity (Wildman–Crippen MR) is 97.1 cm³/mol. The maximum Gasteiger partial charge on any atom is 0.254 e. The molecule has 132 valence electrons. The maximum absolute atomic E-state index is 13.3. The van der Waals surface area contributed by atoms with E-state index in [1.807, 2.05) is 25.1 Å². The minimum atomic E-state index is -0.818. The molecule has 4 rings (SSSR count). The molecule has 2 aliphatic rings. The summed E-state index contributed by atoms with van der Waals surface area (Å²) in [4.78, 5) is 42.4. The first-order chi connectivity index (χ1) is 12.4. The topological polar surface area (TPSA) is 57.7 Å². The van der Waals surface area contributed by atoms with E-state index in [4.69, 9.17) is 0 Å². The lowest BCUT2D eigenvalue weighted by Gasteiger charge is -2.32. The molecule has 0 saturated carbocycles. The van der Waals surface area contributed by atoms with Crippen LogP contribution in [0.25, 0.3) is 0 Å². The van der Waals surface area contributed by atoms with Gasteiger partial charge < -0.3 is 9.80 Å². The van der Waals surface area contributed by atoms with Gasteiger partial charge in [-0.3, -0.25) is 14.4 Å². The number of Topliss-reactive ketones (excluding diaryl/α,β-unsaturated/α-hetero) is 1. The van der Waals surface area contributed by atoms with Gasteiger partial charge in [-0.05, 0) is 25.1 Å². The molecule has 0 bridgehead atoms. The fourth-order valence-corrected chi connectivity index (χ4v) is 4.17. The molecule has 2 aromatic carbocycles. The fraction of sp³-hybridized carbons (Fsp3) is 0.286. The van der Waals surface area contributed by atoms with Gasteiger partial charge in [-0.15, -0.1) is 0 Å². The molecule has 2 atom stereocenters.